The number of rotatable bonds is 6. The number of hydrogen-bond donors (Lipinski definition) is 1. The molecule has 0 radical (unpaired) electrons. The number of carbonyl (C=O) groups excluding carboxylic acids is 1. The molecule has 8 heteroatoms. The van der Waals surface area contributed by atoms with E-state index in [4.69, 9.17) is 4.74 Å². The topological polar surface area (TPSA) is 67.4 Å². The lowest BCUT2D eigenvalue weighted by Crippen LogP contribution is -2.43. The molecule has 0 saturated carbocycles. The van der Waals surface area contributed by atoms with Gasteiger partial charge in [-0.2, -0.15) is 0 Å². The van der Waals surface area contributed by atoms with Gasteiger partial charge in [0.25, 0.3) is 0 Å². The van der Waals surface area contributed by atoms with Crippen LogP contribution >= 0.6 is 11.3 Å². The number of nitrogens with one attached hydrogen (secondary N) is 1. The van der Waals surface area contributed by atoms with Crippen molar-refractivity contribution in [3.63, 3.8) is 0 Å². The quantitative estimate of drug-likeness (QED) is 0.618. The number of carbonyl (C=O) groups is 1. The van der Waals surface area contributed by atoms with E-state index in [-0.39, 0.29) is 11.8 Å². The number of halogens is 1. The van der Waals surface area contributed by atoms with Gasteiger partial charge in [-0.1, -0.05) is 24.3 Å². The third kappa shape index (κ3) is 5.58. The summed E-state index contributed by atoms with van der Waals surface area (Å²) in [6.07, 6.45) is 2.51. The van der Waals surface area contributed by atoms with Crippen LogP contribution in [0.25, 0.3) is 0 Å². The Hall–Kier alpha value is -3.00. The van der Waals surface area contributed by atoms with E-state index in [0.717, 1.165) is 40.6 Å². The SMILES string of the molecule is COc1ccc(Cc2nnc(C3CCN(C(=O)NCc4ccc(F)cc4)CC3)s2)cc1. The maximum Gasteiger partial charge on any atom is 0.317 e. The third-order valence-corrected chi connectivity index (χ3v) is 6.57. The Labute approximate surface area is 185 Å². The van der Waals surface area contributed by atoms with Gasteiger partial charge in [0.1, 0.15) is 21.6 Å². The Balaban J connectivity index is 1.25. The molecule has 2 aromatic carbocycles. The minimum atomic E-state index is -0.277. The summed E-state index contributed by atoms with van der Waals surface area (Å²) < 4.78 is 18.2. The number of hydrogen-bond acceptors (Lipinski definition) is 5. The van der Waals surface area contributed by atoms with Gasteiger partial charge in [-0.3, -0.25) is 0 Å². The van der Waals surface area contributed by atoms with Crippen molar-refractivity contribution >= 4 is 17.4 Å². The van der Waals surface area contributed by atoms with Gasteiger partial charge in [-0.15, -0.1) is 21.5 Å². The Morgan fingerprint density at radius 1 is 1.10 bits per heavy atom. The van der Waals surface area contributed by atoms with Gasteiger partial charge in [-0.25, -0.2) is 9.18 Å². The molecule has 3 aromatic rings. The van der Waals surface area contributed by atoms with Gasteiger partial charge in [0, 0.05) is 32.0 Å². The number of nitrogens with zero attached hydrogens (tertiary/aromatic N) is 3. The highest BCUT2D eigenvalue weighted by molar-refractivity contribution is 7.11. The Kier molecular flexibility index (Phi) is 6.76. The highest BCUT2D eigenvalue weighted by Gasteiger charge is 2.26. The highest BCUT2D eigenvalue weighted by atomic mass is 32.1. The first-order chi connectivity index (χ1) is 15.1. The van der Waals surface area contributed by atoms with Crippen molar-refractivity contribution < 1.29 is 13.9 Å². The van der Waals surface area contributed by atoms with Crippen LogP contribution in [0, 0.1) is 5.82 Å². The van der Waals surface area contributed by atoms with Crippen molar-refractivity contribution in [3.05, 3.63) is 75.5 Å². The average molecular weight is 441 g/mol. The number of piperidine rings is 1. The number of likely N-dealkylation sites (tertiary alicyclic amines) is 1. The van der Waals surface area contributed by atoms with Crippen LogP contribution in [-0.2, 0) is 13.0 Å². The largest absolute Gasteiger partial charge is 0.497 e. The van der Waals surface area contributed by atoms with Crippen molar-refractivity contribution in [2.24, 2.45) is 0 Å². The van der Waals surface area contributed by atoms with Gasteiger partial charge >= 0.3 is 6.03 Å². The molecule has 0 aliphatic carbocycles. The van der Waals surface area contributed by atoms with Crippen molar-refractivity contribution in [2.45, 2.75) is 31.7 Å². The smallest absolute Gasteiger partial charge is 0.317 e. The molecule has 0 unspecified atom stereocenters. The maximum absolute atomic E-state index is 13.0. The molecule has 1 saturated heterocycles. The fourth-order valence-electron chi connectivity index (χ4n) is 3.64. The molecule has 1 aromatic heterocycles. The first-order valence-corrected chi connectivity index (χ1v) is 11.1. The molecule has 2 heterocycles. The molecule has 162 valence electrons. The number of urea groups is 1. The molecule has 6 nitrogen and oxygen atoms in total. The first kappa shape index (κ1) is 21.2. The van der Waals surface area contributed by atoms with E-state index in [9.17, 15) is 9.18 Å². The van der Waals surface area contributed by atoms with Crippen molar-refractivity contribution in [1.29, 1.82) is 0 Å². The second-order valence-corrected chi connectivity index (χ2v) is 8.70. The monoisotopic (exact) mass is 440 g/mol. The fourth-order valence-corrected chi connectivity index (χ4v) is 4.69. The summed E-state index contributed by atoms with van der Waals surface area (Å²) in [5.41, 5.74) is 2.05. The number of benzene rings is 2. The van der Waals surface area contributed by atoms with Gasteiger partial charge in [0.2, 0.25) is 0 Å². The van der Waals surface area contributed by atoms with Crippen LogP contribution in [0.3, 0.4) is 0 Å². The van der Waals surface area contributed by atoms with Gasteiger partial charge < -0.3 is 15.0 Å². The fraction of sp³-hybridized carbons (Fsp3) is 0.348. The zero-order valence-electron chi connectivity index (χ0n) is 17.4. The summed E-state index contributed by atoms with van der Waals surface area (Å²) in [7, 11) is 1.66. The van der Waals surface area contributed by atoms with Crippen molar-refractivity contribution in [1.82, 2.24) is 20.4 Å². The van der Waals surface area contributed by atoms with E-state index in [1.807, 2.05) is 29.2 Å². The second kappa shape index (κ2) is 9.87. The van der Waals surface area contributed by atoms with Gasteiger partial charge in [0.15, 0.2) is 0 Å². The Morgan fingerprint density at radius 3 is 2.45 bits per heavy atom. The molecule has 0 spiro atoms. The summed E-state index contributed by atoms with van der Waals surface area (Å²) in [5.74, 6) is 0.902. The molecule has 1 aliphatic rings. The second-order valence-electron chi connectivity index (χ2n) is 7.61. The lowest BCUT2D eigenvalue weighted by molar-refractivity contribution is 0.181. The minimum absolute atomic E-state index is 0.0831. The number of aromatic nitrogens is 2. The minimum Gasteiger partial charge on any atom is -0.497 e. The molecular formula is C23H25FN4O2S. The summed E-state index contributed by atoms with van der Waals surface area (Å²) >= 11 is 1.66. The van der Waals surface area contributed by atoms with Crippen LogP contribution in [0.1, 0.15) is 39.9 Å². The van der Waals surface area contributed by atoms with E-state index >= 15 is 0 Å². The van der Waals surface area contributed by atoms with Gasteiger partial charge in [-0.05, 0) is 48.2 Å². The third-order valence-electron chi connectivity index (χ3n) is 5.49. The standard InChI is InChI=1S/C23H25FN4O2S/c1-30-20-8-4-16(5-9-20)14-21-26-27-22(31-21)18-10-12-28(13-11-18)23(29)25-15-17-2-6-19(24)7-3-17/h2-9,18H,10-15H2,1H3,(H,25,29). The van der Waals surface area contributed by atoms with E-state index in [2.05, 4.69) is 15.5 Å². The zero-order valence-corrected chi connectivity index (χ0v) is 18.2. The maximum atomic E-state index is 13.0. The lowest BCUT2D eigenvalue weighted by atomic mass is 9.98. The lowest BCUT2D eigenvalue weighted by Gasteiger charge is -2.31. The molecule has 4 rings (SSSR count). The predicted molar refractivity (Wildman–Crippen MR) is 118 cm³/mol. The van der Waals surface area contributed by atoms with Crippen molar-refractivity contribution in [2.75, 3.05) is 20.2 Å². The van der Waals surface area contributed by atoms with Crippen LogP contribution in [0.2, 0.25) is 0 Å². The molecular weight excluding hydrogens is 415 g/mol. The molecule has 31 heavy (non-hydrogen) atoms. The van der Waals surface area contributed by atoms with Gasteiger partial charge in [0.05, 0.1) is 7.11 Å². The summed E-state index contributed by atoms with van der Waals surface area (Å²) in [6.45, 7) is 1.77. The molecule has 2 amide bonds. The number of amides is 2. The van der Waals surface area contributed by atoms with Crippen LogP contribution in [0.5, 0.6) is 5.75 Å². The Bertz CT molecular complexity index is 999. The molecule has 1 fully saturated rings. The zero-order chi connectivity index (χ0) is 21.6. The molecule has 1 aliphatic heterocycles. The predicted octanol–water partition coefficient (Wildman–Crippen LogP) is 4.37. The normalized spacial score (nSPS) is 14.5. The first-order valence-electron chi connectivity index (χ1n) is 10.3. The summed E-state index contributed by atoms with van der Waals surface area (Å²) in [4.78, 5) is 14.3. The molecule has 0 bridgehead atoms. The number of methoxy groups -OCH3 is 1. The summed E-state index contributed by atoms with van der Waals surface area (Å²) in [5, 5.41) is 13.8. The van der Waals surface area contributed by atoms with Crippen LogP contribution in [0.4, 0.5) is 9.18 Å². The Morgan fingerprint density at radius 2 is 1.77 bits per heavy atom. The van der Waals surface area contributed by atoms with Crippen molar-refractivity contribution in [3.8, 4) is 5.75 Å². The van der Waals surface area contributed by atoms with Crippen LogP contribution < -0.4 is 10.1 Å². The average Bonchev–Trinajstić information content (AvgIpc) is 3.27. The van der Waals surface area contributed by atoms with Crippen LogP contribution in [0.15, 0.2) is 48.5 Å². The van der Waals surface area contributed by atoms with Crippen LogP contribution in [-0.4, -0.2) is 41.3 Å². The molecule has 1 N–H and O–H groups in total. The van der Waals surface area contributed by atoms with E-state index < -0.39 is 0 Å². The molecule has 0 atom stereocenters. The van der Waals surface area contributed by atoms with E-state index in [0.29, 0.717) is 25.6 Å². The highest BCUT2D eigenvalue weighted by Crippen LogP contribution is 2.31. The van der Waals surface area contributed by atoms with E-state index in [1.54, 1.807) is 30.6 Å². The summed E-state index contributed by atoms with van der Waals surface area (Å²) in [6, 6.07) is 14.1. The van der Waals surface area contributed by atoms with E-state index in [1.165, 1.54) is 17.7 Å². The number of ether oxygens (including phenoxy) is 1.